The van der Waals surface area contributed by atoms with Crippen molar-refractivity contribution < 1.29 is 4.74 Å². The highest BCUT2D eigenvalue weighted by Gasteiger charge is 2.45. The van der Waals surface area contributed by atoms with Crippen molar-refractivity contribution in [3.63, 3.8) is 0 Å². The molecule has 114 valence electrons. The summed E-state index contributed by atoms with van der Waals surface area (Å²) in [5, 5.41) is 4.52. The number of ether oxygens (including phenoxy) is 1. The third-order valence-corrected chi connectivity index (χ3v) is 10.1. The molecule has 3 aromatic carbocycles. The molecule has 1 nitrogen and oxygen atoms in total. The van der Waals surface area contributed by atoms with Crippen LogP contribution in [0.3, 0.4) is 0 Å². The highest BCUT2D eigenvalue weighted by Crippen LogP contribution is 2.30. The molecule has 0 fully saturated rings. The summed E-state index contributed by atoms with van der Waals surface area (Å²) in [5.41, 5.74) is 1.41. The van der Waals surface area contributed by atoms with E-state index in [-0.39, 0.29) is 0 Å². The van der Waals surface area contributed by atoms with Gasteiger partial charge < -0.3 is 4.74 Å². The molecule has 1 heterocycles. The van der Waals surface area contributed by atoms with Gasteiger partial charge in [-0.3, -0.25) is 0 Å². The topological polar surface area (TPSA) is 9.23 Å². The van der Waals surface area contributed by atoms with E-state index in [1.807, 2.05) is 0 Å². The monoisotopic (exact) mass is 316 g/mol. The lowest BCUT2D eigenvalue weighted by molar-refractivity contribution is 0.411. The van der Waals surface area contributed by atoms with E-state index in [1.165, 1.54) is 27.2 Å². The van der Waals surface area contributed by atoms with Gasteiger partial charge in [-0.15, -0.1) is 0 Å². The average molecular weight is 316 g/mol. The van der Waals surface area contributed by atoms with Crippen LogP contribution in [0.15, 0.2) is 78.9 Å². The van der Waals surface area contributed by atoms with Crippen molar-refractivity contribution >= 4 is 23.6 Å². The van der Waals surface area contributed by atoms with Gasteiger partial charge in [0.25, 0.3) is 0 Å². The molecular weight excluding hydrogens is 296 g/mol. The number of rotatable bonds is 3. The van der Waals surface area contributed by atoms with Gasteiger partial charge in [-0.25, -0.2) is 0 Å². The van der Waals surface area contributed by atoms with Crippen LogP contribution >= 0.6 is 0 Å². The fraction of sp³-hybridized carbons (Fsp3) is 0.143. The summed E-state index contributed by atoms with van der Waals surface area (Å²) in [6, 6.07) is 30.0. The standard InChI is InChI=1S/C21H20OSi/c1-22-20-13-8-14-21-19(20)15-16-23(21,17-9-4-2-5-10-17)18-11-6-3-7-12-18/h2-14H,15-16H2,1H3. The molecular formula is C21H20OSi. The summed E-state index contributed by atoms with van der Waals surface area (Å²) in [5.74, 6) is 1.05. The van der Waals surface area contributed by atoms with Crippen molar-refractivity contribution in [3.8, 4) is 5.75 Å². The smallest absolute Gasteiger partial charge is 0.149 e. The normalized spacial score (nSPS) is 15.2. The Morgan fingerprint density at radius 2 is 1.35 bits per heavy atom. The van der Waals surface area contributed by atoms with Crippen molar-refractivity contribution in [1.82, 2.24) is 0 Å². The van der Waals surface area contributed by atoms with E-state index < -0.39 is 8.07 Å². The number of hydrogen-bond acceptors (Lipinski definition) is 1. The van der Waals surface area contributed by atoms with Crippen LogP contribution in [0.25, 0.3) is 0 Å². The minimum atomic E-state index is -1.93. The van der Waals surface area contributed by atoms with E-state index >= 15 is 0 Å². The molecule has 23 heavy (non-hydrogen) atoms. The fourth-order valence-corrected chi connectivity index (χ4v) is 9.17. The third-order valence-electron chi connectivity index (χ3n) is 5.10. The SMILES string of the molecule is COc1cccc2c1CC[Si]2(c1ccccc1)c1ccccc1. The van der Waals surface area contributed by atoms with Crippen LogP contribution in [0.1, 0.15) is 5.56 Å². The number of hydrogen-bond donors (Lipinski definition) is 0. The zero-order valence-electron chi connectivity index (χ0n) is 13.3. The van der Waals surface area contributed by atoms with Gasteiger partial charge in [0.05, 0.1) is 7.11 Å². The van der Waals surface area contributed by atoms with Crippen molar-refractivity contribution in [3.05, 3.63) is 84.4 Å². The Balaban J connectivity index is 2.02. The first-order chi connectivity index (χ1) is 11.4. The van der Waals surface area contributed by atoms with Crippen LogP contribution in [0.2, 0.25) is 6.04 Å². The lowest BCUT2D eigenvalue weighted by Gasteiger charge is -2.29. The van der Waals surface area contributed by atoms with Gasteiger partial charge in [0.2, 0.25) is 0 Å². The Hall–Kier alpha value is -2.32. The summed E-state index contributed by atoms with van der Waals surface area (Å²) in [6.07, 6.45) is 1.11. The van der Waals surface area contributed by atoms with E-state index in [4.69, 9.17) is 4.74 Å². The zero-order valence-corrected chi connectivity index (χ0v) is 14.3. The highest BCUT2D eigenvalue weighted by molar-refractivity contribution is 7.12. The largest absolute Gasteiger partial charge is 0.496 e. The summed E-state index contributed by atoms with van der Waals surface area (Å²) in [4.78, 5) is 0. The van der Waals surface area contributed by atoms with Crippen molar-refractivity contribution in [2.75, 3.05) is 7.11 Å². The minimum Gasteiger partial charge on any atom is -0.496 e. The van der Waals surface area contributed by atoms with Crippen molar-refractivity contribution in [2.45, 2.75) is 12.5 Å². The predicted molar refractivity (Wildman–Crippen MR) is 99.0 cm³/mol. The molecule has 4 rings (SSSR count). The molecule has 0 saturated carbocycles. The first kappa shape index (κ1) is 14.3. The maximum atomic E-state index is 5.64. The molecule has 3 aromatic rings. The van der Waals surface area contributed by atoms with Gasteiger partial charge in [0, 0.05) is 0 Å². The summed E-state index contributed by atoms with van der Waals surface area (Å²) < 4.78 is 5.64. The van der Waals surface area contributed by atoms with Gasteiger partial charge >= 0.3 is 0 Å². The second kappa shape index (κ2) is 5.71. The van der Waals surface area contributed by atoms with Gasteiger partial charge in [-0.05, 0) is 39.7 Å². The molecule has 0 amide bonds. The van der Waals surface area contributed by atoms with Crippen molar-refractivity contribution in [1.29, 1.82) is 0 Å². The van der Waals surface area contributed by atoms with Crippen LogP contribution in [0.4, 0.5) is 0 Å². The molecule has 2 heteroatoms. The van der Waals surface area contributed by atoms with Gasteiger partial charge in [0.1, 0.15) is 13.8 Å². The van der Waals surface area contributed by atoms with Gasteiger partial charge in [0.15, 0.2) is 0 Å². The molecule has 0 atom stereocenters. The predicted octanol–water partition coefficient (Wildman–Crippen LogP) is 2.72. The van der Waals surface area contributed by atoms with Crippen LogP contribution < -0.4 is 20.3 Å². The lowest BCUT2D eigenvalue weighted by atomic mass is 10.1. The third kappa shape index (κ3) is 2.13. The Bertz CT molecular complexity index is 772. The Labute approximate surface area is 138 Å². The summed E-state index contributed by atoms with van der Waals surface area (Å²) in [7, 11) is -0.153. The molecule has 0 bridgehead atoms. The van der Waals surface area contributed by atoms with Crippen LogP contribution in [0.5, 0.6) is 5.75 Å². The van der Waals surface area contributed by atoms with E-state index in [2.05, 4.69) is 78.9 Å². The molecule has 0 unspecified atom stereocenters. The molecule has 0 N–H and O–H groups in total. The van der Waals surface area contributed by atoms with E-state index in [0.29, 0.717) is 0 Å². The molecule has 0 aliphatic carbocycles. The summed E-state index contributed by atoms with van der Waals surface area (Å²) >= 11 is 0. The Morgan fingerprint density at radius 3 is 1.91 bits per heavy atom. The fourth-order valence-electron chi connectivity index (χ4n) is 4.07. The number of benzene rings is 3. The number of fused-ring (bicyclic) bond motifs is 1. The van der Waals surface area contributed by atoms with Crippen LogP contribution in [-0.4, -0.2) is 15.2 Å². The molecule has 0 spiro atoms. The second-order valence-corrected chi connectivity index (χ2v) is 10.1. The maximum absolute atomic E-state index is 5.64. The molecule has 1 aliphatic rings. The first-order valence-electron chi connectivity index (χ1n) is 8.13. The van der Waals surface area contributed by atoms with E-state index in [0.717, 1.165) is 12.2 Å². The quantitative estimate of drug-likeness (QED) is 0.675. The average Bonchev–Trinajstić information content (AvgIpc) is 3.04. The molecule has 1 aliphatic heterocycles. The second-order valence-electron chi connectivity index (χ2n) is 6.12. The highest BCUT2D eigenvalue weighted by atomic mass is 28.3. The van der Waals surface area contributed by atoms with Gasteiger partial charge in [-0.1, -0.05) is 72.8 Å². The van der Waals surface area contributed by atoms with Gasteiger partial charge in [-0.2, -0.15) is 0 Å². The van der Waals surface area contributed by atoms with Crippen LogP contribution in [0, 0.1) is 0 Å². The van der Waals surface area contributed by atoms with E-state index in [9.17, 15) is 0 Å². The Morgan fingerprint density at radius 1 is 0.739 bits per heavy atom. The van der Waals surface area contributed by atoms with E-state index in [1.54, 1.807) is 7.11 Å². The lowest BCUT2D eigenvalue weighted by Crippen LogP contribution is -2.65. The first-order valence-corrected chi connectivity index (χ1v) is 10.3. The zero-order chi connectivity index (χ0) is 15.7. The minimum absolute atomic E-state index is 1.05. The molecule has 0 saturated heterocycles. The molecule has 0 aromatic heterocycles. The van der Waals surface area contributed by atoms with Crippen LogP contribution in [-0.2, 0) is 6.42 Å². The summed E-state index contributed by atoms with van der Waals surface area (Å²) in [6.45, 7) is 0. The number of methoxy groups -OCH3 is 1. The maximum Gasteiger partial charge on any atom is 0.149 e. The van der Waals surface area contributed by atoms with Crippen molar-refractivity contribution in [2.24, 2.45) is 0 Å². The Kier molecular flexibility index (Phi) is 3.54. The molecule has 0 radical (unpaired) electrons.